The number of carbonyl (C=O) groups excluding carboxylic acids is 1. The quantitative estimate of drug-likeness (QED) is 0.339. The van der Waals surface area contributed by atoms with Crippen LogP contribution in [0.2, 0.25) is 0 Å². The summed E-state index contributed by atoms with van der Waals surface area (Å²) in [5, 5.41) is 3.67. The Kier molecular flexibility index (Phi) is 6.28. The van der Waals surface area contributed by atoms with Gasteiger partial charge in [-0.3, -0.25) is 4.79 Å². The zero-order chi connectivity index (χ0) is 22.7. The van der Waals surface area contributed by atoms with Crippen LogP contribution in [0.25, 0.3) is 22.1 Å². The van der Waals surface area contributed by atoms with Gasteiger partial charge in [-0.1, -0.05) is 24.3 Å². The normalized spacial score (nSPS) is 10.7. The van der Waals surface area contributed by atoms with Gasteiger partial charge in [0.05, 0.1) is 29.4 Å². The molecule has 4 rings (SSSR count). The Hall–Kier alpha value is -3.58. The minimum atomic E-state index is -0.457. The van der Waals surface area contributed by atoms with Crippen molar-refractivity contribution in [2.75, 3.05) is 19.0 Å². The van der Waals surface area contributed by atoms with Crippen LogP contribution in [0.5, 0.6) is 11.5 Å². The number of fused-ring (bicyclic) bond motifs is 1. The molecule has 0 aliphatic rings. The number of hydrogen-bond acceptors (Lipinski definition) is 5. The molecule has 0 saturated carbocycles. The number of carbonyl (C=O) groups is 1. The first kappa shape index (κ1) is 21.6. The van der Waals surface area contributed by atoms with Gasteiger partial charge >= 0.3 is 5.63 Å². The molecule has 0 fully saturated rings. The van der Waals surface area contributed by atoms with Gasteiger partial charge in [-0.25, -0.2) is 4.79 Å². The summed E-state index contributed by atoms with van der Waals surface area (Å²) in [6.07, 6.45) is 0. The van der Waals surface area contributed by atoms with Gasteiger partial charge in [-0.05, 0) is 70.9 Å². The maximum atomic E-state index is 12.9. The molecule has 1 N–H and O–H groups in total. The van der Waals surface area contributed by atoms with E-state index in [2.05, 4.69) is 21.2 Å². The van der Waals surface area contributed by atoms with Gasteiger partial charge in [0, 0.05) is 10.9 Å². The largest absolute Gasteiger partial charge is 0.495 e. The van der Waals surface area contributed by atoms with Crippen LogP contribution >= 0.6 is 15.9 Å². The van der Waals surface area contributed by atoms with Gasteiger partial charge in [0.2, 0.25) is 0 Å². The van der Waals surface area contributed by atoms with Crippen molar-refractivity contribution in [3.63, 3.8) is 0 Å². The number of rotatable bonds is 6. The summed E-state index contributed by atoms with van der Waals surface area (Å²) in [5.74, 6) is 0.804. The van der Waals surface area contributed by atoms with E-state index >= 15 is 0 Å². The van der Waals surface area contributed by atoms with E-state index in [1.807, 2.05) is 25.1 Å². The van der Waals surface area contributed by atoms with Crippen molar-refractivity contribution in [3.8, 4) is 22.6 Å². The summed E-state index contributed by atoms with van der Waals surface area (Å²) in [5.41, 5.74) is 1.94. The number of nitrogens with one attached hydrogen (secondary N) is 1. The third-order valence-corrected chi connectivity index (χ3v) is 5.51. The van der Waals surface area contributed by atoms with Crippen LogP contribution in [0.4, 0.5) is 5.69 Å². The molecule has 1 heterocycles. The molecular weight excluding hydrogens is 474 g/mol. The van der Waals surface area contributed by atoms with Gasteiger partial charge in [-0.2, -0.15) is 0 Å². The average molecular weight is 494 g/mol. The zero-order valence-electron chi connectivity index (χ0n) is 17.5. The van der Waals surface area contributed by atoms with Gasteiger partial charge < -0.3 is 19.2 Å². The Morgan fingerprint density at radius 3 is 2.56 bits per heavy atom. The standard InChI is InChI=1S/C25H20BrNO5/c1-3-31-22-10-9-17(13-19(22)26)24(28)27-20-14-15(8-11-23(20)30-2)18-12-16-6-4-5-7-21(16)32-25(18)29/h4-14H,3H2,1-2H3,(H,27,28). The van der Waals surface area contributed by atoms with Crippen LogP contribution in [-0.4, -0.2) is 19.6 Å². The maximum Gasteiger partial charge on any atom is 0.344 e. The summed E-state index contributed by atoms with van der Waals surface area (Å²) in [7, 11) is 1.52. The van der Waals surface area contributed by atoms with Gasteiger partial charge in [0.25, 0.3) is 5.91 Å². The highest BCUT2D eigenvalue weighted by Gasteiger charge is 2.15. The van der Waals surface area contributed by atoms with Crippen LogP contribution < -0.4 is 20.4 Å². The van der Waals surface area contributed by atoms with Crippen molar-refractivity contribution in [2.24, 2.45) is 0 Å². The highest BCUT2D eigenvalue weighted by Crippen LogP contribution is 2.32. The van der Waals surface area contributed by atoms with E-state index in [-0.39, 0.29) is 5.91 Å². The predicted molar refractivity (Wildman–Crippen MR) is 128 cm³/mol. The monoisotopic (exact) mass is 493 g/mol. The molecule has 6 nitrogen and oxygen atoms in total. The molecular formula is C25H20BrNO5. The van der Waals surface area contributed by atoms with Crippen molar-refractivity contribution < 1.29 is 18.7 Å². The lowest BCUT2D eigenvalue weighted by molar-refractivity contribution is 0.102. The first-order chi connectivity index (χ1) is 15.5. The minimum absolute atomic E-state index is 0.324. The Bertz CT molecular complexity index is 1360. The molecule has 0 aliphatic heterocycles. The molecule has 4 aromatic rings. The number of hydrogen-bond donors (Lipinski definition) is 1. The summed E-state index contributed by atoms with van der Waals surface area (Å²) in [4.78, 5) is 25.4. The number of methoxy groups -OCH3 is 1. The van der Waals surface area contributed by atoms with E-state index in [0.717, 1.165) is 5.39 Å². The molecule has 0 atom stereocenters. The fraction of sp³-hybridized carbons (Fsp3) is 0.120. The molecule has 1 amide bonds. The van der Waals surface area contributed by atoms with Gasteiger partial charge in [-0.15, -0.1) is 0 Å². The SMILES string of the molecule is CCOc1ccc(C(=O)Nc2cc(-c3cc4ccccc4oc3=O)ccc2OC)cc1Br. The van der Waals surface area contributed by atoms with Crippen LogP contribution in [-0.2, 0) is 0 Å². The van der Waals surface area contributed by atoms with Crippen LogP contribution in [0, 0.1) is 0 Å². The smallest absolute Gasteiger partial charge is 0.344 e. The van der Waals surface area contributed by atoms with Crippen LogP contribution in [0.3, 0.4) is 0 Å². The fourth-order valence-corrected chi connectivity index (χ4v) is 3.84. The predicted octanol–water partition coefficient (Wildman–Crippen LogP) is 5.88. The first-order valence-corrected chi connectivity index (χ1v) is 10.7. The number of para-hydroxylation sites is 1. The van der Waals surface area contributed by atoms with Gasteiger partial charge in [0.15, 0.2) is 0 Å². The fourth-order valence-electron chi connectivity index (χ4n) is 3.35. The van der Waals surface area contributed by atoms with Crippen molar-refractivity contribution >= 4 is 38.5 Å². The number of amides is 1. The van der Waals surface area contributed by atoms with E-state index < -0.39 is 5.63 Å². The molecule has 0 bridgehead atoms. The molecule has 1 aromatic heterocycles. The lowest BCUT2D eigenvalue weighted by Gasteiger charge is -2.13. The van der Waals surface area contributed by atoms with Crippen LogP contribution in [0.1, 0.15) is 17.3 Å². The molecule has 3 aromatic carbocycles. The third-order valence-electron chi connectivity index (χ3n) is 4.89. The van der Waals surface area contributed by atoms with E-state index in [4.69, 9.17) is 13.9 Å². The lowest BCUT2D eigenvalue weighted by atomic mass is 10.0. The van der Waals surface area contributed by atoms with Gasteiger partial charge in [0.1, 0.15) is 17.1 Å². The second-order valence-corrected chi connectivity index (χ2v) is 7.79. The van der Waals surface area contributed by atoms with Crippen molar-refractivity contribution in [1.29, 1.82) is 0 Å². The number of halogens is 1. The molecule has 0 radical (unpaired) electrons. The maximum absolute atomic E-state index is 12.9. The second-order valence-electron chi connectivity index (χ2n) is 6.93. The average Bonchev–Trinajstić information content (AvgIpc) is 2.80. The number of anilines is 1. The topological polar surface area (TPSA) is 77.8 Å². The van der Waals surface area contributed by atoms with E-state index in [0.29, 0.717) is 50.5 Å². The van der Waals surface area contributed by atoms with Crippen molar-refractivity contribution in [2.45, 2.75) is 6.92 Å². The summed E-state index contributed by atoms with van der Waals surface area (Å²) in [6, 6.07) is 19.3. The van der Waals surface area contributed by atoms with Crippen molar-refractivity contribution in [3.05, 3.63) is 87.2 Å². The van der Waals surface area contributed by atoms with E-state index in [9.17, 15) is 9.59 Å². The molecule has 0 aliphatic carbocycles. The highest BCUT2D eigenvalue weighted by molar-refractivity contribution is 9.10. The second kappa shape index (κ2) is 9.28. The molecule has 162 valence electrons. The molecule has 0 spiro atoms. The minimum Gasteiger partial charge on any atom is -0.495 e. The summed E-state index contributed by atoms with van der Waals surface area (Å²) in [6.45, 7) is 2.42. The van der Waals surface area contributed by atoms with Crippen molar-refractivity contribution in [1.82, 2.24) is 0 Å². The molecule has 0 unspecified atom stereocenters. The summed E-state index contributed by atoms with van der Waals surface area (Å²) >= 11 is 3.43. The number of benzene rings is 3. The van der Waals surface area contributed by atoms with E-state index in [1.54, 1.807) is 48.5 Å². The lowest BCUT2D eigenvalue weighted by Crippen LogP contribution is -2.13. The van der Waals surface area contributed by atoms with Crippen LogP contribution in [0.15, 0.2) is 80.4 Å². The molecule has 32 heavy (non-hydrogen) atoms. The Labute approximate surface area is 192 Å². The Balaban J connectivity index is 1.69. The Morgan fingerprint density at radius 1 is 1.03 bits per heavy atom. The highest BCUT2D eigenvalue weighted by atomic mass is 79.9. The Morgan fingerprint density at radius 2 is 1.81 bits per heavy atom. The van der Waals surface area contributed by atoms with E-state index in [1.165, 1.54) is 7.11 Å². The summed E-state index contributed by atoms with van der Waals surface area (Å²) < 4.78 is 17.0. The number of ether oxygens (including phenoxy) is 2. The third kappa shape index (κ3) is 4.38. The zero-order valence-corrected chi connectivity index (χ0v) is 19.1. The molecule has 7 heteroatoms. The molecule has 0 saturated heterocycles. The first-order valence-electron chi connectivity index (χ1n) is 9.95.